The maximum absolute atomic E-state index is 12.3. The Hall–Kier alpha value is -3.33. The highest BCUT2D eigenvalue weighted by Crippen LogP contribution is 2.43. The number of carbonyl (C=O) groups is 1. The van der Waals surface area contributed by atoms with Gasteiger partial charge in [0.2, 0.25) is 0 Å². The number of para-hydroxylation sites is 1. The molecule has 3 aromatic carbocycles. The highest BCUT2D eigenvalue weighted by molar-refractivity contribution is 5.98. The number of ether oxygens (including phenoxy) is 1. The van der Waals surface area contributed by atoms with Gasteiger partial charge in [-0.2, -0.15) is 0 Å². The molecule has 0 radical (unpaired) electrons. The maximum atomic E-state index is 12.3. The van der Waals surface area contributed by atoms with Crippen molar-refractivity contribution in [1.29, 1.82) is 0 Å². The van der Waals surface area contributed by atoms with E-state index in [2.05, 4.69) is 23.2 Å². The van der Waals surface area contributed by atoms with Crippen molar-refractivity contribution in [3.63, 3.8) is 0 Å². The third-order valence-corrected chi connectivity index (χ3v) is 4.76. The van der Waals surface area contributed by atoms with Crippen LogP contribution in [0, 0.1) is 0 Å². The number of fused-ring (bicyclic) bond motifs is 2. The van der Waals surface area contributed by atoms with E-state index >= 15 is 0 Å². The molecule has 4 aromatic rings. The number of aromatic amines is 1. The average Bonchev–Trinajstić information content (AvgIpc) is 3.21. The number of H-pyrrole nitrogens is 1. The molecule has 0 bridgehead atoms. The van der Waals surface area contributed by atoms with E-state index in [4.69, 9.17) is 4.74 Å². The summed E-state index contributed by atoms with van der Waals surface area (Å²) < 4.78 is 5.79. The molecular weight excluding hydrogens is 310 g/mol. The fourth-order valence-electron chi connectivity index (χ4n) is 3.63. The summed E-state index contributed by atoms with van der Waals surface area (Å²) >= 11 is 0. The minimum Gasteiger partial charge on any atom is -0.449 e. The van der Waals surface area contributed by atoms with Crippen LogP contribution in [0.4, 0.5) is 0 Å². The quantitative estimate of drug-likeness (QED) is 0.521. The van der Waals surface area contributed by atoms with Gasteiger partial charge >= 0.3 is 5.97 Å². The first-order valence-electron chi connectivity index (χ1n) is 8.29. The number of nitrogens with one attached hydrogen (secondary N) is 1. The lowest BCUT2D eigenvalue weighted by Crippen LogP contribution is -2.02. The highest BCUT2D eigenvalue weighted by atomic mass is 16.5. The lowest BCUT2D eigenvalue weighted by Gasteiger charge is -2.13. The lowest BCUT2D eigenvalue weighted by atomic mass is 9.95. The van der Waals surface area contributed by atoms with Crippen molar-refractivity contribution in [3.05, 3.63) is 95.6 Å². The fourth-order valence-corrected chi connectivity index (χ4v) is 3.63. The fraction of sp³-hybridized carbons (Fsp3) is 0.0455. The van der Waals surface area contributed by atoms with Gasteiger partial charge in [-0.05, 0) is 17.7 Å². The van der Waals surface area contributed by atoms with Gasteiger partial charge in [-0.15, -0.1) is 0 Å². The molecule has 1 atom stereocenters. The second kappa shape index (κ2) is 5.35. The van der Waals surface area contributed by atoms with E-state index in [0.29, 0.717) is 5.56 Å². The predicted molar refractivity (Wildman–Crippen MR) is 97.4 cm³/mol. The standard InChI is InChI=1S/C22H15NO2/c24-22-16-11-5-4-10-15(16)21(25-22)19-17-12-6-7-13-18(17)23-20(19)14-8-2-1-3-9-14/h1-13,21,23H. The second-order valence-corrected chi connectivity index (χ2v) is 6.20. The molecule has 0 aliphatic carbocycles. The number of rotatable bonds is 2. The summed E-state index contributed by atoms with van der Waals surface area (Å²) in [6.45, 7) is 0. The normalized spacial score (nSPS) is 16.0. The van der Waals surface area contributed by atoms with Crippen LogP contribution < -0.4 is 0 Å². The lowest BCUT2D eigenvalue weighted by molar-refractivity contribution is 0.0459. The third kappa shape index (κ3) is 2.09. The highest BCUT2D eigenvalue weighted by Gasteiger charge is 2.35. The van der Waals surface area contributed by atoms with Gasteiger partial charge in [-0.3, -0.25) is 0 Å². The molecule has 25 heavy (non-hydrogen) atoms. The molecular formula is C22H15NO2. The van der Waals surface area contributed by atoms with Crippen molar-refractivity contribution < 1.29 is 9.53 Å². The zero-order valence-electron chi connectivity index (χ0n) is 13.4. The number of hydrogen-bond acceptors (Lipinski definition) is 2. The summed E-state index contributed by atoms with van der Waals surface area (Å²) in [6, 6.07) is 25.9. The zero-order valence-corrected chi connectivity index (χ0v) is 13.4. The van der Waals surface area contributed by atoms with Crippen molar-refractivity contribution in [1.82, 2.24) is 4.98 Å². The Labute approximate surface area is 144 Å². The van der Waals surface area contributed by atoms with Crippen LogP contribution >= 0.6 is 0 Å². The molecule has 3 heteroatoms. The van der Waals surface area contributed by atoms with E-state index in [0.717, 1.165) is 33.3 Å². The molecule has 2 heterocycles. The zero-order chi connectivity index (χ0) is 16.8. The van der Waals surface area contributed by atoms with E-state index in [1.165, 1.54) is 0 Å². The number of hydrogen-bond donors (Lipinski definition) is 1. The van der Waals surface area contributed by atoms with Gasteiger partial charge in [-0.25, -0.2) is 4.79 Å². The van der Waals surface area contributed by atoms with Crippen LogP contribution in [0.25, 0.3) is 22.2 Å². The first-order valence-corrected chi connectivity index (χ1v) is 8.29. The number of benzene rings is 3. The summed E-state index contributed by atoms with van der Waals surface area (Å²) in [5.74, 6) is -0.259. The number of aromatic nitrogens is 1. The van der Waals surface area contributed by atoms with Gasteiger partial charge < -0.3 is 9.72 Å². The van der Waals surface area contributed by atoms with Crippen LogP contribution in [-0.2, 0) is 4.74 Å². The van der Waals surface area contributed by atoms with Crippen LogP contribution in [0.2, 0.25) is 0 Å². The molecule has 5 rings (SSSR count). The van der Waals surface area contributed by atoms with Gasteiger partial charge in [0.05, 0.1) is 11.3 Å². The van der Waals surface area contributed by atoms with Crippen molar-refractivity contribution in [2.24, 2.45) is 0 Å². The van der Waals surface area contributed by atoms with Crippen LogP contribution in [-0.4, -0.2) is 11.0 Å². The molecule has 120 valence electrons. The monoisotopic (exact) mass is 325 g/mol. The largest absolute Gasteiger partial charge is 0.449 e. The Morgan fingerprint density at radius 1 is 0.800 bits per heavy atom. The summed E-state index contributed by atoms with van der Waals surface area (Å²) in [5.41, 5.74) is 5.70. The molecule has 0 fully saturated rings. The van der Waals surface area contributed by atoms with Crippen LogP contribution in [0.1, 0.15) is 27.6 Å². The third-order valence-electron chi connectivity index (χ3n) is 4.76. The molecule has 1 aliphatic rings. The molecule has 0 amide bonds. The molecule has 1 aliphatic heterocycles. The van der Waals surface area contributed by atoms with Crippen LogP contribution in [0.15, 0.2) is 78.9 Å². The molecule has 0 saturated heterocycles. The van der Waals surface area contributed by atoms with Gasteiger partial charge in [0, 0.05) is 22.0 Å². The first-order chi connectivity index (χ1) is 12.3. The molecule has 1 aromatic heterocycles. The van der Waals surface area contributed by atoms with Crippen molar-refractivity contribution in [2.45, 2.75) is 6.10 Å². The smallest absolute Gasteiger partial charge is 0.339 e. The van der Waals surface area contributed by atoms with E-state index in [-0.39, 0.29) is 5.97 Å². The van der Waals surface area contributed by atoms with E-state index in [9.17, 15) is 4.79 Å². The topological polar surface area (TPSA) is 42.1 Å². The Morgan fingerprint density at radius 3 is 2.40 bits per heavy atom. The van der Waals surface area contributed by atoms with Crippen molar-refractivity contribution in [2.75, 3.05) is 0 Å². The second-order valence-electron chi connectivity index (χ2n) is 6.20. The summed E-state index contributed by atoms with van der Waals surface area (Å²) in [7, 11) is 0. The Kier molecular flexibility index (Phi) is 3.01. The Morgan fingerprint density at radius 2 is 1.52 bits per heavy atom. The van der Waals surface area contributed by atoms with Crippen LogP contribution in [0.3, 0.4) is 0 Å². The maximum Gasteiger partial charge on any atom is 0.339 e. The van der Waals surface area contributed by atoms with E-state index in [1.807, 2.05) is 60.7 Å². The molecule has 1 N–H and O–H groups in total. The van der Waals surface area contributed by atoms with Gasteiger partial charge in [0.15, 0.2) is 6.10 Å². The average molecular weight is 325 g/mol. The molecule has 0 spiro atoms. The van der Waals surface area contributed by atoms with Gasteiger partial charge in [-0.1, -0.05) is 66.7 Å². The van der Waals surface area contributed by atoms with Gasteiger partial charge in [0.25, 0.3) is 0 Å². The summed E-state index contributed by atoms with van der Waals surface area (Å²) in [5, 5.41) is 1.08. The number of cyclic esters (lactones) is 1. The van der Waals surface area contributed by atoms with Crippen molar-refractivity contribution in [3.8, 4) is 11.3 Å². The van der Waals surface area contributed by atoms with Crippen molar-refractivity contribution >= 4 is 16.9 Å². The SMILES string of the molecule is O=C1OC(c2c(-c3ccccc3)[nH]c3ccccc23)c2ccccc21. The van der Waals surface area contributed by atoms with Crippen LogP contribution in [0.5, 0.6) is 0 Å². The first kappa shape index (κ1) is 14.1. The minimum atomic E-state index is -0.393. The summed E-state index contributed by atoms with van der Waals surface area (Å²) in [6.07, 6.45) is -0.393. The number of carbonyl (C=O) groups excluding carboxylic acids is 1. The Balaban J connectivity index is 1.81. The molecule has 0 saturated carbocycles. The van der Waals surface area contributed by atoms with E-state index in [1.54, 1.807) is 0 Å². The van der Waals surface area contributed by atoms with Gasteiger partial charge in [0.1, 0.15) is 0 Å². The predicted octanol–water partition coefficient (Wildman–Crippen LogP) is 5.09. The summed E-state index contributed by atoms with van der Waals surface area (Å²) in [4.78, 5) is 15.8. The minimum absolute atomic E-state index is 0.259. The van der Waals surface area contributed by atoms with E-state index < -0.39 is 6.10 Å². The molecule has 3 nitrogen and oxygen atoms in total. The molecule has 1 unspecified atom stereocenters. The Bertz CT molecular complexity index is 1100. The number of esters is 1.